The van der Waals surface area contributed by atoms with Crippen molar-refractivity contribution in [2.75, 3.05) is 0 Å². The fourth-order valence-corrected chi connectivity index (χ4v) is 6.62. The average molecular weight is 551 g/mol. The molecule has 2 heteroatoms. The lowest BCUT2D eigenvalue weighted by Gasteiger charge is -2.22. The summed E-state index contributed by atoms with van der Waals surface area (Å²) in [6.07, 6.45) is 8.39. The van der Waals surface area contributed by atoms with Crippen molar-refractivity contribution in [3.63, 3.8) is 0 Å². The Kier molecular flexibility index (Phi) is 6.19. The molecule has 0 fully saturated rings. The summed E-state index contributed by atoms with van der Waals surface area (Å²) < 4.78 is 0. The normalized spacial score (nSPS) is 12.7. The molecule has 0 saturated heterocycles. The smallest absolute Gasteiger partial charge is 0.0717 e. The van der Waals surface area contributed by atoms with Gasteiger partial charge in [-0.1, -0.05) is 103 Å². The topological polar surface area (TPSA) is 25.8 Å². The lowest BCUT2D eigenvalue weighted by molar-refractivity contribution is 1.00. The molecule has 43 heavy (non-hydrogen) atoms. The fourth-order valence-electron chi connectivity index (χ4n) is 6.62. The minimum atomic E-state index is 0.930. The Labute approximate surface area is 252 Å². The molecule has 0 radical (unpaired) electrons. The summed E-state index contributed by atoms with van der Waals surface area (Å²) in [6.45, 7) is 2.00. The third kappa shape index (κ3) is 4.52. The van der Waals surface area contributed by atoms with Gasteiger partial charge in [-0.25, -0.2) is 0 Å². The molecule has 0 saturated carbocycles. The monoisotopic (exact) mass is 550 g/mol. The molecule has 0 bridgehead atoms. The second-order valence-electron chi connectivity index (χ2n) is 11.4. The van der Waals surface area contributed by atoms with Gasteiger partial charge in [0.2, 0.25) is 0 Å². The molecule has 204 valence electrons. The van der Waals surface area contributed by atoms with Gasteiger partial charge in [0.1, 0.15) is 0 Å². The van der Waals surface area contributed by atoms with E-state index in [2.05, 4.69) is 126 Å². The summed E-state index contributed by atoms with van der Waals surface area (Å²) in [5, 5.41) is 5.19. The summed E-state index contributed by atoms with van der Waals surface area (Å²) in [6, 6.07) is 43.9. The maximum Gasteiger partial charge on any atom is 0.0717 e. The molecule has 0 spiro atoms. The predicted octanol–water partition coefficient (Wildman–Crippen LogP) is 10.6. The maximum absolute atomic E-state index is 4.79. The zero-order valence-electron chi connectivity index (χ0n) is 24.1. The van der Waals surface area contributed by atoms with Crippen molar-refractivity contribution in [1.29, 1.82) is 0 Å². The van der Waals surface area contributed by atoms with Crippen molar-refractivity contribution in [2.45, 2.75) is 19.8 Å². The number of nitrogens with zero attached hydrogens (tertiary/aromatic N) is 2. The minimum absolute atomic E-state index is 0.930. The highest BCUT2D eigenvalue weighted by Crippen LogP contribution is 2.44. The van der Waals surface area contributed by atoms with Crippen LogP contribution in [-0.4, -0.2) is 9.97 Å². The molecule has 2 heterocycles. The Morgan fingerprint density at radius 1 is 0.488 bits per heavy atom. The first-order valence-corrected chi connectivity index (χ1v) is 15.0. The largest absolute Gasteiger partial charge is 0.261 e. The van der Waals surface area contributed by atoms with Crippen LogP contribution in [0.3, 0.4) is 0 Å². The number of aromatic nitrogens is 2. The van der Waals surface area contributed by atoms with Crippen molar-refractivity contribution >= 4 is 33.2 Å². The Hall–Kier alpha value is -5.34. The number of hydrogen-bond acceptors (Lipinski definition) is 2. The van der Waals surface area contributed by atoms with Crippen molar-refractivity contribution in [1.82, 2.24) is 9.97 Å². The molecular weight excluding hydrogens is 520 g/mol. The van der Waals surface area contributed by atoms with Crippen LogP contribution in [0.5, 0.6) is 0 Å². The van der Waals surface area contributed by atoms with E-state index in [1.165, 1.54) is 54.9 Å². The minimum Gasteiger partial charge on any atom is -0.261 e. The second kappa shape index (κ2) is 10.5. The zero-order valence-corrected chi connectivity index (χ0v) is 24.1. The van der Waals surface area contributed by atoms with Gasteiger partial charge in [-0.15, -0.1) is 0 Å². The van der Waals surface area contributed by atoms with E-state index in [4.69, 9.17) is 4.98 Å². The first kappa shape index (κ1) is 25.4. The molecule has 5 aromatic carbocycles. The average Bonchev–Trinajstić information content (AvgIpc) is 3.07. The lowest BCUT2D eigenvalue weighted by atomic mass is 9.81. The highest BCUT2D eigenvalue weighted by Gasteiger charge is 2.20. The number of rotatable bonds is 4. The van der Waals surface area contributed by atoms with Crippen LogP contribution in [0.4, 0.5) is 0 Å². The SMILES string of the molecule is Cc1ccc(-c2ccc(-c3cccc(-c4c5ccccc5c(C5=Cc6ccccc6CC5)c5ccccc45)c3)cn2)cn1. The molecule has 0 aliphatic heterocycles. The van der Waals surface area contributed by atoms with Gasteiger partial charge in [-0.3, -0.25) is 9.97 Å². The van der Waals surface area contributed by atoms with Crippen molar-refractivity contribution in [3.8, 4) is 33.5 Å². The molecule has 1 aliphatic rings. The Morgan fingerprint density at radius 2 is 1.14 bits per heavy atom. The van der Waals surface area contributed by atoms with Gasteiger partial charge in [0.05, 0.1) is 5.69 Å². The van der Waals surface area contributed by atoms with Gasteiger partial charge in [0.25, 0.3) is 0 Å². The second-order valence-corrected chi connectivity index (χ2v) is 11.4. The van der Waals surface area contributed by atoms with Crippen LogP contribution in [0.25, 0.3) is 66.7 Å². The van der Waals surface area contributed by atoms with Crippen LogP contribution in [0.15, 0.2) is 134 Å². The highest BCUT2D eigenvalue weighted by molar-refractivity contribution is 6.20. The van der Waals surface area contributed by atoms with Gasteiger partial charge in [-0.05, 0) is 105 Å². The predicted molar refractivity (Wildman–Crippen MR) is 181 cm³/mol. The number of aryl methyl sites for hydroxylation is 2. The summed E-state index contributed by atoms with van der Waals surface area (Å²) in [7, 11) is 0. The summed E-state index contributed by atoms with van der Waals surface area (Å²) in [5.74, 6) is 0. The number of pyridine rings is 2. The van der Waals surface area contributed by atoms with E-state index in [0.29, 0.717) is 0 Å². The van der Waals surface area contributed by atoms with E-state index in [9.17, 15) is 0 Å². The number of allylic oxidation sites excluding steroid dienone is 1. The van der Waals surface area contributed by atoms with Crippen LogP contribution in [0, 0.1) is 6.92 Å². The fraction of sp³-hybridized carbons (Fsp3) is 0.0732. The van der Waals surface area contributed by atoms with Crippen LogP contribution < -0.4 is 0 Å². The van der Waals surface area contributed by atoms with E-state index >= 15 is 0 Å². The van der Waals surface area contributed by atoms with Crippen LogP contribution in [0.1, 0.15) is 28.8 Å². The molecule has 0 N–H and O–H groups in total. The molecule has 1 aliphatic carbocycles. The third-order valence-corrected chi connectivity index (χ3v) is 8.76. The summed E-state index contributed by atoms with van der Waals surface area (Å²) >= 11 is 0. The molecule has 8 rings (SSSR count). The molecular formula is C41H30N2. The van der Waals surface area contributed by atoms with E-state index < -0.39 is 0 Å². The standard InChI is InChI=1S/C41H30N2/c1-27-17-18-34(26-42-27)39-22-21-33(25-43-39)30-11-8-12-31(24-30)40-35-13-4-6-15-37(35)41(38-16-7-5-14-36(38)40)32-20-19-28-9-2-3-10-29(28)23-32/h2-18,21-26H,19-20H2,1H3. The molecule has 7 aromatic rings. The molecule has 2 aromatic heterocycles. The van der Waals surface area contributed by atoms with Crippen LogP contribution in [0.2, 0.25) is 0 Å². The van der Waals surface area contributed by atoms with E-state index in [-0.39, 0.29) is 0 Å². The third-order valence-electron chi connectivity index (χ3n) is 8.76. The number of fused-ring (bicyclic) bond motifs is 3. The molecule has 2 nitrogen and oxygen atoms in total. The number of benzene rings is 5. The van der Waals surface area contributed by atoms with Crippen molar-refractivity contribution in [3.05, 3.63) is 156 Å². The summed E-state index contributed by atoms with van der Waals surface area (Å²) in [4.78, 5) is 9.22. The van der Waals surface area contributed by atoms with Crippen molar-refractivity contribution in [2.24, 2.45) is 0 Å². The van der Waals surface area contributed by atoms with E-state index in [0.717, 1.165) is 40.9 Å². The lowest BCUT2D eigenvalue weighted by Crippen LogP contribution is -2.01. The van der Waals surface area contributed by atoms with Gasteiger partial charge >= 0.3 is 0 Å². The van der Waals surface area contributed by atoms with Gasteiger partial charge < -0.3 is 0 Å². The van der Waals surface area contributed by atoms with E-state index in [1.807, 2.05) is 25.4 Å². The number of hydrogen-bond donors (Lipinski definition) is 0. The quantitative estimate of drug-likeness (QED) is 0.204. The highest BCUT2D eigenvalue weighted by atomic mass is 14.7. The zero-order chi connectivity index (χ0) is 28.8. The summed E-state index contributed by atoms with van der Waals surface area (Å²) in [5.41, 5.74) is 13.3. The van der Waals surface area contributed by atoms with Crippen LogP contribution in [-0.2, 0) is 6.42 Å². The van der Waals surface area contributed by atoms with Crippen molar-refractivity contribution < 1.29 is 0 Å². The van der Waals surface area contributed by atoms with Gasteiger partial charge in [-0.2, -0.15) is 0 Å². The molecule has 0 amide bonds. The van der Waals surface area contributed by atoms with Crippen LogP contribution >= 0.6 is 0 Å². The Balaban J connectivity index is 1.28. The first-order chi connectivity index (χ1) is 21.2. The Bertz CT molecular complexity index is 2110. The molecule has 0 unspecified atom stereocenters. The van der Waals surface area contributed by atoms with E-state index in [1.54, 1.807) is 0 Å². The first-order valence-electron chi connectivity index (χ1n) is 15.0. The maximum atomic E-state index is 4.79. The van der Waals surface area contributed by atoms with Gasteiger partial charge in [0.15, 0.2) is 0 Å². The van der Waals surface area contributed by atoms with Gasteiger partial charge in [0, 0.05) is 29.2 Å². The molecule has 0 atom stereocenters. The Morgan fingerprint density at radius 3 is 1.84 bits per heavy atom.